The number of nitrogen functional groups attached to an aromatic ring is 1. The maximum absolute atomic E-state index is 13.8. The van der Waals surface area contributed by atoms with Crippen molar-refractivity contribution in [3.05, 3.63) is 29.6 Å². The van der Waals surface area contributed by atoms with Gasteiger partial charge in [0.15, 0.2) is 11.6 Å². The Morgan fingerprint density at radius 2 is 2.18 bits per heavy atom. The van der Waals surface area contributed by atoms with Crippen LogP contribution in [0.4, 0.5) is 10.2 Å². The first-order valence-corrected chi connectivity index (χ1v) is 5.24. The van der Waals surface area contributed by atoms with Gasteiger partial charge in [-0.3, -0.25) is 0 Å². The number of aromatic nitrogens is 1. The summed E-state index contributed by atoms with van der Waals surface area (Å²) in [4.78, 5) is 0. The van der Waals surface area contributed by atoms with E-state index in [0.717, 1.165) is 0 Å². The molecule has 0 spiro atoms. The van der Waals surface area contributed by atoms with Gasteiger partial charge in [-0.2, -0.15) is 0 Å². The summed E-state index contributed by atoms with van der Waals surface area (Å²) in [7, 11) is 1.51. The third kappa shape index (κ3) is 2.08. The Morgan fingerprint density at radius 1 is 1.41 bits per heavy atom. The highest BCUT2D eigenvalue weighted by atomic mass is 19.1. The van der Waals surface area contributed by atoms with Gasteiger partial charge in [0.05, 0.1) is 7.11 Å². The van der Waals surface area contributed by atoms with Crippen LogP contribution in [0.5, 0.6) is 5.75 Å². The molecular weight excluding hydrogens is 223 g/mol. The Labute approximate surface area is 98.2 Å². The van der Waals surface area contributed by atoms with Crippen LogP contribution in [0.2, 0.25) is 0 Å². The van der Waals surface area contributed by atoms with Crippen molar-refractivity contribution in [2.24, 2.45) is 0 Å². The van der Waals surface area contributed by atoms with Crippen LogP contribution in [-0.2, 0) is 6.42 Å². The first-order valence-electron chi connectivity index (χ1n) is 5.24. The molecular formula is C12H13FN2O2. The molecule has 0 aliphatic heterocycles. The summed E-state index contributed by atoms with van der Waals surface area (Å²) in [6.45, 7) is 1.87. The lowest BCUT2D eigenvalue weighted by Gasteiger charge is -2.09. The first-order chi connectivity index (χ1) is 8.15. The highest BCUT2D eigenvalue weighted by Gasteiger charge is 2.13. The van der Waals surface area contributed by atoms with Crippen LogP contribution < -0.4 is 10.5 Å². The number of nitrogens with two attached hydrogens (primary N) is 1. The zero-order chi connectivity index (χ0) is 12.4. The van der Waals surface area contributed by atoms with Gasteiger partial charge in [-0.05, 0) is 18.6 Å². The monoisotopic (exact) mass is 236 g/mol. The Hall–Kier alpha value is -2.04. The maximum atomic E-state index is 13.8. The predicted molar refractivity (Wildman–Crippen MR) is 62.2 cm³/mol. The third-order valence-electron chi connectivity index (χ3n) is 2.54. The number of nitrogens with zero attached hydrogens (tertiary/aromatic N) is 1. The smallest absolute Gasteiger partial charge is 0.169 e. The molecule has 2 aromatic rings. The van der Waals surface area contributed by atoms with Crippen molar-refractivity contribution in [2.75, 3.05) is 12.8 Å². The Morgan fingerprint density at radius 3 is 2.71 bits per heavy atom. The van der Waals surface area contributed by atoms with Gasteiger partial charge in [0.1, 0.15) is 11.6 Å². The number of hydrogen-bond donors (Lipinski definition) is 1. The van der Waals surface area contributed by atoms with Crippen molar-refractivity contribution >= 4 is 5.82 Å². The van der Waals surface area contributed by atoms with Crippen molar-refractivity contribution in [3.63, 3.8) is 0 Å². The second kappa shape index (κ2) is 4.45. The SMILES string of the molecule is CCc1c(F)cc(-c2cc(N)no2)cc1OC. The lowest BCUT2D eigenvalue weighted by molar-refractivity contribution is 0.404. The number of hydrogen-bond acceptors (Lipinski definition) is 4. The standard InChI is InChI=1S/C12H13FN2O2/c1-3-8-9(13)4-7(5-11(8)16-2)10-6-12(14)15-17-10/h4-6H,3H2,1-2H3,(H2,14,15). The third-order valence-corrected chi connectivity index (χ3v) is 2.54. The van der Waals surface area contributed by atoms with E-state index < -0.39 is 0 Å². The summed E-state index contributed by atoms with van der Waals surface area (Å²) in [6.07, 6.45) is 0.563. The summed E-state index contributed by atoms with van der Waals surface area (Å²) >= 11 is 0. The number of methoxy groups -OCH3 is 1. The minimum Gasteiger partial charge on any atom is -0.496 e. The normalized spacial score (nSPS) is 10.5. The first kappa shape index (κ1) is 11.4. The molecule has 0 atom stereocenters. The van der Waals surface area contributed by atoms with Gasteiger partial charge in [0.2, 0.25) is 0 Å². The van der Waals surface area contributed by atoms with Crippen molar-refractivity contribution < 1.29 is 13.7 Å². The largest absolute Gasteiger partial charge is 0.496 e. The van der Waals surface area contributed by atoms with E-state index in [1.165, 1.54) is 13.2 Å². The van der Waals surface area contributed by atoms with E-state index in [4.69, 9.17) is 15.0 Å². The molecule has 0 fully saturated rings. The molecule has 90 valence electrons. The van der Waals surface area contributed by atoms with Crippen LogP contribution in [0.15, 0.2) is 22.7 Å². The zero-order valence-electron chi connectivity index (χ0n) is 9.66. The van der Waals surface area contributed by atoms with Gasteiger partial charge >= 0.3 is 0 Å². The Balaban J connectivity index is 2.53. The molecule has 1 aromatic carbocycles. The Kier molecular flexibility index (Phi) is 2.99. The van der Waals surface area contributed by atoms with Crippen molar-refractivity contribution in [3.8, 4) is 17.1 Å². The summed E-state index contributed by atoms with van der Waals surface area (Å²) in [6, 6.07) is 4.64. The lowest BCUT2D eigenvalue weighted by Crippen LogP contribution is -1.95. The molecule has 17 heavy (non-hydrogen) atoms. The van der Waals surface area contributed by atoms with E-state index in [2.05, 4.69) is 5.16 Å². The quantitative estimate of drug-likeness (QED) is 0.889. The fourth-order valence-electron chi connectivity index (χ4n) is 1.70. The van der Waals surface area contributed by atoms with E-state index in [0.29, 0.717) is 29.1 Å². The molecule has 0 saturated heterocycles. The van der Waals surface area contributed by atoms with Crippen molar-refractivity contribution in [1.29, 1.82) is 0 Å². The summed E-state index contributed by atoms with van der Waals surface area (Å²) in [5.41, 5.74) is 6.55. The minimum absolute atomic E-state index is 0.263. The van der Waals surface area contributed by atoms with Crippen LogP contribution in [0.1, 0.15) is 12.5 Å². The maximum Gasteiger partial charge on any atom is 0.169 e. The fraction of sp³-hybridized carbons (Fsp3) is 0.250. The summed E-state index contributed by atoms with van der Waals surface area (Å²) < 4.78 is 24.0. The molecule has 1 aromatic heterocycles. The van der Waals surface area contributed by atoms with Crippen molar-refractivity contribution in [2.45, 2.75) is 13.3 Å². The molecule has 4 nitrogen and oxygen atoms in total. The molecule has 2 rings (SSSR count). The van der Waals surface area contributed by atoms with E-state index in [-0.39, 0.29) is 11.6 Å². The molecule has 0 unspecified atom stereocenters. The molecule has 2 N–H and O–H groups in total. The van der Waals surface area contributed by atoms with Gasteiger partial charge in [-0.1, -0.05) is 12.1 Å². The molecule has 0 saturated carbocycles. The number of ether oxygens (including phenoxy) is 1. The van der Waals surface area contributed by atoms with E-state index in [9.17, 15) is 4.39 Å². The van der Waals surface area contributed by atoms with Gasteiger partial charge in [-0.25, -0.2) is 4.39 Å². The van der Waals surface area contributed by atoms with Crippen LogP contribution >= 0.6 is 0 Å². The Bertz CT molecular complexity index is 537. The second-order valence-electron chi connectivity index (χ2n) is 3.61. The molecule has 0 radical (unpaired) electrons. The number of rotatable bonds is 3. The van der Waals surface area contributed by atoms with Crippen LogP contribution in [0, 0.1) is 5.82 Å². The van der Waals surface area contributed by atoms with Crippen LogP contribution in [0.3, 0.4) is 0 Å². The topological polar surface area (TPSA) is 61.3 Å². The molecule has 0 aliphatic carbocycles. The molecule has 5 heteroatoms. The average Bonchev–Trinajstić information content (AvgIpc) is 2.74. The zero-order valence-corrected chi connectivity index (χ0v) is 9.66. The van der Waals surface area contributed by atoms with Gasteiger partial charge in [0, 0.05) is 17.2 Å². The summed E-state index contributed by atoms with van der Waals surface area (Å²) in [5.74, 6) is 0.857. The van der Waals surface area contributed by atoms with Crippen LogP contribution in [-0.4, -0.2) is 12.3 Å². The number of halogens is 1. The van der Waals surface area contributed by atoms with E-state index in [1.807, 2.05) is 6.92 Å². The highest BCUT2D eigenvalue weighted by molar-refractivity contribution is 5.63. The van der Waals surface area contributed by atoms with Gasteiger partial charge in [-0.15, -0.1) is 0 Å². The van der Waals surface area contributed by atoms with Crippen molar-refractivity contribution in [1.82, 2.24) is 5.16 Å². The van der Waals surface area contributed by atoms with Gasteiger partial charge < -0.3 is 15.0 Å². The molecule has 0 aliphatic rings. The lowest BCUT2D eigenvalue weighted by atomic mass is 10.1. The van der Waals surface area contributed by atoms with E-state index >= 15 is 0 Å². The highest BCUT2D eigenvalue weighted by Crippen LogP contribution is 2.30. The predicted octanol–water partition coefficient (Wildman–Crippen LogP) is 2.63. The molecule has 0 bridgehead atoms. The number of benzene rings is 1. The summed E-state index contributed by atoms with van der Waals surface area (Å²) in [5, 5.41) is 3.56. The minimum atomic E-state index is -0.322. The van der Waals surface area contributed by atoms with E-state index in [1.54, 1.807) is 12.1 Å². The molecule has 0 amide bonds. The average molecular weight is 236 g/mol. The fourth-order valence-corrected chi connectivity index (χ4v) is 1.70. The second-order valence-corrected chi connectivity index (χ2v) is 3.61. The van der Waals surface area contributed by atoms with Crippen LogP contribution in [0.25, 0.3) is 11.3 Å². The van der Waals surface area contributed by atoms with Gasteiger partial charge in [0.25, 0.3) is 0 Å². The number of anilines is 1. The molecule has 1 heterocycles.